The number of aromatic nitrogens is 4. The van der Waals surface area contributed by atoms with Gasteiger partial charge in [-0.2, -0.15) is 0 Å². The highest BCUT2D eigenvalue weighted by Crippen LogP contribution is 2.36. The molecule has 1 fully saturated rings. The molecular formula is C14H17N5OS2. The lowest BCUT2D eigenvalue weighted by molar-refractivity contribution is -0.128. The maximum absolute atomic E-state index is 12.4. The summed E-state index contributed by atoms with van der Waals surface area (Å²) in [5.74, 6) is 0.412. The van der Waals surface area contributed by atoms with Gasteiger partial charge in [0, 0.05) is 11.4 Å². The Kier molecular flexibility index (Phi) is 4.89. The van der Waals surface area contributed by atoms with Crippen molar-refractivity contribution in [1.29, 1.82) is 0 Å². The molecule has 0 unspecified atom stereocenters. The van der Waals surface area contributed by atoms with Gasteiger partial charge >= 0.3 is 0 Å². The van der Waals surface area contributed by atoms with Gasteiger partial charge in [0.1, 0.15) is 0 Å². The highest BCUT2D eigenvalue weighted by Gasteiger charge is 2.28. The molecular weight excluding hydrogens is 318 g/mol. The van der Waals surface area contributed by atoms with Crippen molar-refractivity contribution in [3.05, 3.63) is 35.0 Å². The third kappa shape index (κ3) is 3.75. The molecule has 116 valence electrons. The first kappa shape index (κ1) is 15.2. The van der Waals surface area contributed by atoms with Gasteiger partial charge in [-0.1, -0.05) is 23.9 Å². The Morgan fingerprint density at radius 3 is 3.14 bits per heavy atom. The Bertz CT molecular complexity index is 635. The SMILES string of the molecule is C=CCN(Cc1cccs1)C(=O)CSc1nnnn1C1CC1. The second kappa shape index (κ2) is 7.06. The number of thiophene rings is 1. The number of amides is 1. The summed E-state index contributed by atoms with van der Waals surface area (Å²) in [5.41, 5.74) is 0. The Morgan fingerprint density at radius 1 is 1.59 bits per heavy atom. The number of hydrogen-bond donors (Lipinski definition) is 0. The number of nitrogens with zero attached hydrogens (tertiary/aromatic N) is 5. The fourth-order valence-corrected chi connectivity index (χ4v) is 3.61. The summed E-state index contributed by atoms with van der Waals surface area (Å²) >= 11 is 3.06. The van der Waals surface area contributed by atoms with Crippen molar-refractivity contribution in [3.8, 4) is 0 Å². The van der Waals surface area contributed by atoms with Gasteiger partial charge in [-0.05, 0) is 34.7 Å². The average molecular weight is 335 g/mol. The molecule has 2 aromatic heterocycles. The molecule has 0 aliphatic heterocycles. The summed E-state index contributed by atoms with van der Waals surface area (Å²) in [4.78, 5) is 15.4. The molecule has 0 N–H and O–H groups in total. The van der Waals surface area contributed by atoms with Gasteiger partial charge in [0.25, 0.3) is 0 Å². The molecule has 6 nitrogen and oxygen atoms in total. The Balaban J connectivity index is 1.58. The number of carbonyl (C=O) groups is 1. The van der Waals surface area contributed by atoms with Gasteiger partial charge in [0.05, 0.1) is 18.3 Å². The third-order valence-electron chi connectivity index (χ3n) is 3.31. The van der Waals surface area contributed by atoms with E-state index in [4.69, 9.17) is 0 Å². The van der Waals surface area contributed by atoms with Crippen molar-refractivity contribution in [2.45, 2.75) is 30.6 Å². The average Bonchev–Trinajstić information content (AvgIpc) is 3.04. The largest absolute Gasteiger partial charge is 0.333 e. The molecule has 1 saturated carbocycles. The Morgan fingerprint density at radius 2 is 2.45 bits per heavy atom. The highest BCUT2D eigenvalue weighted by atomic mass is 32.2. The van der Waals surface area contributed by atoms with Gasteiger partial charge in [-0.25, -0.2) is 4.68 Å². The number of tetrazole rings is 1. The smallest absolute Gasteiger partial charge is 0.233 e. The van der Waals surface area contributed by atoms with Gasteiger partial charge < -0.3 is 4.90 Å². The quantitative estimate of drug-likeness (QED) is 0.547. The van der Waals surface area contributed by atoms with Gasteiger partial charge in [0.15, 0.2) is 0 Å². The second-order valence-electron chi connectivity index (χ2n) is 5.07. The second-order valence-corrected chi connectivity index (χ2v) is 7.04. The predicted molar refractivity (Wildman–Crippen MR) is 86.7 cm³/mol. The lowest BCUT2D eigenvalue weighted by Gasteiger charge is -2.20. The molecule has 22 heavy (non-hydrogen) atoms. The molecule has 0 atom stereocenters. The zero-order valence-corrected chi connectivity index (χ0v) is 13.7. The molecule has 0 bridgehead atoms. The lowest BCUT2D eigenvalue weighted by Crippen LogP contribution is -2.31. The van der Waals surface area contributed by atoms with E-state index in [9.17, 15) is 4.79 Å². The molecule has 1 aliphatic carbocycles. The van der Waals surface area contributed by atoms with Crippen LogP contribution in [0, 0.1) is 0 Å². The topological polar surface area (TPSA) is 63.9 Å². The number of rotatable bonds is 8. The molecule has 0 aromatic carbocycles. The van der Waals surface area contributed by atoms with Gasteiger partial charge in [0.2, 0.25) is 11.1 Å². The minimum Gasteiger partial charge on any atom is -0.333 e. The van der Waals surface area contributed by atoms with Crippen molar-refractivity contribution < 1.29 is 4.79 Å². The first-order valence-electron chi connectivity index (χ1n) is 7.09. The minimum atomic E-state index is 0.0728. The maximum Gasteiger partial charge on any atom is 0.233 e. The lowest BCUT2D eigenvalue weighted by atomic mass is 10.4. The van der Waals surface area contributed by atoms with Crippen LogP contribution in [0.2, 0.25) is 0 Å². The number of hydrogen-bond acceptors (Lipinski definition) is 6. The first-order valence-corrected chi connectivity index (χ1v) is 8.96. The van der Waals surface area contributed by atoms with Gasteiger partial charge in [-0.3, -0.25) is 4.79 Å². The summed E-state index contributed by atoms with van der Waals surface area (Å²) in [6, 6.07) is 4.45. The van der Waals surface area contributed by atoms with Crippen molar-refractivity contribution in [1.82, 2.24) is 25.1 Å². The van der Waals surface area contributed by atoms with Crippen molar-refractivity contribution >= 4 is 29.0 Å². The molecule has 1 amide bonds. The molecule has 1 aliphatic rings. The van der Waals surface area contributed by atoms with Crippen LogP contribution >= 0.6 is 23.1 Å². The van der Waals surface area contributed by atoms with E-state index < -0.39 is 0 Å². The van der Waals surface area contributed by atoms with Crippen LogP contribution in [0.4, 0.5) is 0 Å². The van der Waals surface area contributed by atoms with E-state index in [1.165, 1.54) is 16.6 Å². The molecule has 8 heteroatoms. The molecule has 2 heterocycles. The minimum absolute atomic E-state index is 0.0728. The van der Waals surface area contributed by atoms with Crippen LogP contribution in [-0.2, 0) is 11.3 Å². The van der Waals surface area contributed by atoms with E-state index >= 15 is 0 Å². The van der Waals surface area contributed by atoms with Crippen LogP contribution < -0.4 is 0 Å². The Hall–Kier alpha value is -1.67. The summed E-state index contributed by atoms with van der Waals surface area (Å²) in [6.45, 7) is 4.90. The summed E-state index contributed by atoms with van der Waals surface area (Å²) in [6.07, 6.45) is 3.99. The van der Waals surface area contributed by atoms with Crippen LogP contribution in [0.5, 0.6) is 0 Å². The van der Waals surface area contributed by atoms with E-state index in [1.807, 2.05) is 22.2 Å². The predicted octanol–water partition coefficient (Wildman–Crippen LogP) is 2.38. The number of thioether (sulfide) groups is 1. The summed E-state index contributed by atoms with van der Waals surface area (Å²) < 4.78 is 1.83. The van der Waals surface area contributed by atoms with E-state index in [0.29, 0.717) is 24.9 Å². The fourth-order valence-electron chi connectivity index (χ4n) is 2.05. The monoisotopic (exact) mass is 335 g/mol. The summed E-state index contributed by atoms with van der Waals surface area (Å²) in [5, 5.41) is 14.5. The van der Waals surface area contributed by atoms with Crippen LogP contribution in [0.1, 0.15) is 23.8 Å². The Labute approximate surface area is 137 Å². The van der Waals surface area contributed by atoms with Crippen LogP contribution in [-0.4, -0.2) is 43.3 Å². The van der Waals surface area contributed by atoms with E-state index in [-0.39, 0.29) is 5.91 Å². The van der Waals surface area contributed by atoms with Gasteiger partial charge in [-0.15, -0.1) is 23.0 Å². The zero-order valence-electron chi connectivity index (χ0n) is 12.1. The van der Waals surface area contributed by atoms with Crippen molar-refractivity contribution in [2.75, 3.05) is 12.3 Å². The maximum atomic E-state index is 12.4. The molecule has 0 saturated heterocycles. The van der Waals surface area contributed by atoms with E-state index in [2.05, 4.69) is 22.1 Å². The number of carbonyl (C=O) groups excluding carboxylic acids is 1. The fraction of sp³-hybridized carbons (Fsp3) is 0.429. The van der Waals surface area contributed by atoms with Crippen LogP contribution in [0.25, 0.3) is 0 Å². The van der Waals surface area contributed by atoms with Crippen molar-refractivity contribution in [2.24, 2.45) is 0 Å². The molecule has 0 spiro atoms. The highest BCUT2D eigenvalue weighted by molar-refractivity contribution is 7.99. The molecule has 3 rings (SSSR count). The van der Waals surface area contributed by atoms with Crippen LogP contribution in [0.3, 0.4) is 0 Å². The van der Waals surface area contributed by atoms with Crippen molar-refractivity contribution in [3.63, 3.8) is 0 Å². The van der Waals surface area contributed by atoms with Crippen LogP contribution in [0.15, 0.2) is 35.3 Å². The molecule has 2 aromatic rings. The zero-order chi connectivity index (χ0) is 15.4. The normalized spacial score (nSPS) is 14.0. The van der Waals surface area contributed by atoms with E-state index in [0.717, 1.165) is 18.0 Å². The third-order valence-corrected chi connectivity index (χ3v) is 5.09. The summed E-state index contributed by atoms with van der Waals surface area (Å²) in [7, 11) is 0. The molecule has 0 radical (unpaired) electrons. The standard InChI is InChI=1S/C14H17N5OS2/c1-2-7-18(9-12-4-3-8-21-12)13(20)10-22-14-15-16-17-19(14)11-5-6-11/h2-4,8,11H,1,5-7,9-10H2. The van der Waals surface area contributed by atoms with E-state index in [1.54, 1.807) is 22.3 Å². The first-order chi connectivity index (χ1) is 10.8.